The van der Waals surface area contributed by atoms with Crippen molar-refractivity contribution in [3.8, 4) is 18.2 Å². The molecule has 2 aliphatic rings. The fourth-order valence-corrected chi connectivity index (χ4v) is 4.06. The fourth-order valence-electron chi connectivity index (χ4n) is 4.06. The van der Waals surface area contributed by atoms with Crippen LogP contribution < -0.4 is 5.73 Å². The van der Waals surface area contributed by atoms with Gasteiger partial charge in [0.2, 0.25) is 0 Å². The Hall–Kier alpha value is -3.03. The highest BCUT2D eigenvalue weighted by Gasteiger charge is 2.52. The summed E-state index contributed by atoms with van der Waals surface area (Å²) >= 11 is 0. The molecule has 0 saturated heterocycles. The number of fused-ring (bicyclic) bond motifs is 1. The first-order valence-electron chi connectivity index (χ1n) is 8.15. The molecule has 0 fully saturated rings. The molecule has 0 spiro atoms. The highest BCUT2D eigenvalue weighted by atomic mass is 14.7. The Balaban J connectivity index is 2.18. The number of benzene rings is 1. The summed E-state index contributed by atoms with van der Waals surface area (Å²) in [4.78, 5) is 0. The zero-order valence-electron chi connectivity index (χ0n) is 13.4. The zero-order chi connectivity index (χ0) is 17.2. The maximum atomic E-state index is 9.85. The summed E-state index contributed by atoms with van der Waals surface area (Å²) in [6.07, 6.45) is 5.46. The lowest BCUT2D eigenvalue weighted by Gasteiger charge is -2.43. The van der Waals surface area contributed by atoms with Crippen molar-refractivity contribution in [3.63, 3.8) is 0 Å². The van der Waals surface area contributed by atoms with E-state index >= 15 is 0 Å². The van der Waals surface area contributed by atoms with E-state index in [4.69, 9.17) is 5.73 Å². The molecule has 2 N–H and O–H groups in total. The summed E-state index contributed by atoms with van der Waals surface area (Å²) < 4.78 is 0. The molecule has 4 heteroatoms. The van der Waals surface area contributed by atoms with E-state index in [2.05, 4.69) is 24.3 Å². The smallest absolute Gasteiger partial charge is 0.187 e. The van der Waals surface area contributed by atoms with Gasteiger partial charge in [-0.2, -0.15) is 15.8 Å². The van der Waals surface area contributed by atoms with E-state index in [9.17, 15) is 15.8 Å². The molecular formula is C20H18N4. The third-order valence-electron chi connectivity index (χ3n) is 5.27. The summed E-state index contributed by atoms with van der Waals surface area (Å²) in [6, 6.07) is 16.3. The number of allylic oxidation sites excluding steroid dienone is 4. The average molecular weight is 314 g/mol. The molecule has 118 valence electrons. The highest BCUT2D eigenvalue weighted by Crippen LogP contribution is 2.52. The van der Waals surface area contributed by atoms with Crippen LogP contribution in [-0.4, -0.2) is 0 Å². The second kappa shape index (κ2) is 6.23. The topological polar surface area (TPSA) is 97.4 Å². The maximum absolute atomic E-state index is 9.85. The van der Waals surface area contributed by atoms with Crippen molar-refractivity contribution in [2.45, 2.75) is 25.7 Å². The van der Waals surface area contributed by atoms with Crippen molar-refractivity contribution < 1.29 is 0 Å². The lowest BCUT2D eigenvalue weighted by atomic mass is 9.57. The Bertz CT molecular complexity index is 813. The Kier molecular flexibility index (Phi) is 4.11. The van der Waals surface area contributed by atoms with Crippen LogP contribution >= 0.6 is 0 Å². The van der Waals surface area contributed by atoms with Crippen LogP contribution in [0.4, 0.5) is 0 Å². The van der Waals surface area contributed by atoms with Crippen LogP contribution in [0, 0.1) is 51.2 Å². The van der Waals surface area contributed by atoms with E-state index in [-0.39, 0.29) is 17.5 Å². The van der Waals surface area contributed by atoms with Gasteiger partial charge >= 0.3 is 0 Å². The lowest BCUT2D eigenvalue weighted by Crippen LogP contribution is -2.45. The minimum absolute atomic E-state index is 0.0280. The molecule has 4 nitrogen and oxygen atoms in total. The summed E-state index contributed by atoms with van der Waals surface area (Å²) in [5.74, 6) is -0.209. The van der Waals surface area contributed by atoms with Crippen LogP contribution in [-0.2, 0) is 6.42 Å². The Morgan fingerprint density at radius 2 is 1.83 bits per heavy atom. The molecule has 0 heterocycles. The first-order chi connectivity index (χ1) is 11.7. The Morgan fingerprint density at radius 1 is 1.12 bits per heavy atom. The van der Waals surface area contributed by atoms with E-state index in [1.165, 1.54) is 0 Å². The van der Waals surface area contributed by atoms with Gasteiger partial charge < -0.3 is 5.73 Å². The first kappa shape index (κ1) is 15.9. The third kappa shape index (κ3) is 2.27. The highest BCUT2D eigenvalue weighted by molar-refractivity contribution is 5.56. The van der Waals surface area contributed by atoms with Crippen LogP contribution in [0.2, 0.25) is 0 Å². The van der Waals surface area contributed by atoms with Gasteiger partial charge in [-0.3, -0.25) is 0 Å². The van der Waals surface area contributed by atoms with Gasteiger partial charge in [0.1, 0.15) is 6.07 Å². The number of rotatable bonds is 2. The van der Waals surface area contributed by atoms with E-state index in [0.717, 1.165) is 30.4 Å². The fraction of sp³-hybridized carbons (Fsp3) is 0.350. The van der Waals surface area contributed by atoms with Crippen molar-refractivity contribution in [1.82, 2.24) is 0 Å². The Morgan fingerprint density at radius 3 is 2.46 bits per heavy atom. The van der Waals surface area contributed by atoms with E-state index in [1.54, 1.807) is 0 Å². The molecule has 3 rings (SSSR count). The lowest BCUT2D eigenvalue weighted by molar-refractivity contribution is 0.233. The number of hydrogen-bond donors (Lipinski definition) is 1. The zero-order valence-corrected chi connectivity index (χ0v) is 13.4. The van der Waals surface area contributed by atoms with Gasteiger partial charge in [0.05, 0.1) is 23.4 Å². The minimum Gasteiger partial charge on any atom is -0.399 e. The average Bonchev–Trinajstić information content (AvgIpc) is 2.64. The molecule has 0 amide bonds. The molecule has 24 heavy (non-hydrogen) atoms. The van der Waals surface area contributed by atoms with Gasteiger partial charge in [-0.05, 0) is 42.7 Å². The SMILES string of the molecule is N#CC1=C(N)C(C#N)(C#N)C(Cc2ccccc2)C2CCCC=C12. The largest absolute Gasteiger partial charge is 0.399 e. The second-order valence-electron chi connectivity index (χ2n) is 6.43. The molecule has 0 aromatic heterocycles. The summed E-state index contributed by atoms with van der Waals surface area (Å²) in [6.45, 7) is 0. The molecule has 0 bridgehead atoms. The summed E-state index contributed by atoms with van der Waals surface area (Å²) in [5, 5.41) is 29.2. The van der Waals surface area contributed by atoms with Crippen LogP contribution in [0.1, 0.15) is 24.8 Å². The van der Waals surface area contributed by atoms with E-state index in [0.29, 0.717) is 12.0 Å². The van der Waals surface area contributed by atoms with Crippen molar-refractivity contribution in [3.05, 3.63) is 58.8 Å². The van der Waals surface area contributed by atoms with Gasteiger partial charge in [0.25, 0.3) is 0 Å². The van der Waals surface area contributed by atoms with Crippen LogP contribution in [0.3, 0.4) is 0 Å². The normalized spacial score (nSPS) is 24.8. The Labute approximate surface area is 142 Å². The van der Waals surface area contributed by atoms with Crippen LogP contribution in [0.5, 0.6) is 0 Å². The standard InChI is InChI=1S/C20H18N4/c21-11-17-15-8-4-5-9-16(15)18(10-14-6-2-1-3-7-14)20(12-22,13-23)19(17)24/h1-3,6-8,16,18H,4-5,9-10,24H2. The molecule has 2 unspecified atom stereocenters. The van der Waals surface area contributed by atoms with E-state index < -0.39 is 5.41 Å². The molecule has 1 aromatic rings. The molecule has 0 aliphatic heterocycles. The van der Waals surface area contributed by atoms with Gasteiger partial charge in [-0.1, -0.05) is 36.4 Å². The number of nitriles is 3. The summed E-state index contributed by atoms with van der Waals surface area (Å²) in [7, 11) is 0. The van der Waals surface area contributed by atoms with Gasteiger partial charge in [0.15, 0.2) is 5.41 Å². The number of nitrogens with zero attached hydrogens (tertiary/aromatic N) is 3. The third-order valence-corrected chi connectivity index (χ3v) is 5.27. The molecule has 1 aromatic carbocycles. The number of nitrogens with two attached hydrogens (primary N) is 1. The molecule has 2 atom stereocenters. The second-order valence-corrected chi connectivity index (χ2v) is 6.43. The summed E-state index contributed by atoms with van der Waals surface area (Å²) in [5.41, 5.74) is 7.25. The van der Waals surface area contributed by atoms with Crippen LogP contribution in [0.15, 0.2) is 53.3 Å². The molecule has 0 radical (unpaired) electrons. The predicted molar refractivity (Wildman–Crippen MR) is 89.5 cm³/mol. The van der Waals surface area contributed by atoms with Gasteiger partial charge in [-0.15, -0.1) is 0 Å². The monoisotopic (exact) mass is 314 g/mol. The van der Waals surface area contributed by atoms with Crippen molar-refractivity contribution in [2.24, 2.45) is 23.0 Å². The number of hydrogen-bond acceptors (Lipinski definition) is 4. The van der Waals surface area contributed by atoms with Crippen LogP contribution in [0.25, 0.3) is 0 Å². The molecular weight excluding hydrogens is 296 g/mol. The van der Waals surface area contributed by atoms with E-state index in [1.807, 2.05) is 30.3 Å². The predicted octanol–water partition coefficient (Wildman–Crippen LogP) is 3.36. The van der Waals surface area contributed by atoms with Gasteiger partial charge in [0, 0.05) is 5.92 Å². The quantitative estimate of drug-likeness (QED) is 0.905. The van der Waals surface area contributed by atoms with Crippen molar-refractivity contribution in [1.29, 1.82) is 15.8 Å². The van der Waals surface area contributed by atoms with Crippen molar-refractivity contribution in [2.75, 3.05) is 0 Å². The minimum atomic E-state index is -1.44. The maximum Gasteiger partial charge on any atom is 0.187 e. The van der Waals surface area contributed by atoms with Crippen molar-refractivity contribution >= 4 is 0 Å². The molecule has 2 aliphatic carbocycles. The van der Waals surface area contributed by atoms with Gasteiger partial charge in [-0.25, -0.2) is 0 Å². The first-order valence-corrected chi connectivity index (χ1v) is 8.15. The molecule has 0 saturated carbocycles.